The first kappa shape index (κ1) is 36.5. The Morgan fingerprint density at radius 1 is 0.242 bits per heavy atom. The molecule has 5 nitrogen and oxygen atoms in total. The van der Waals surface area contributed by atoms with Crippen molar-refractivity contribution in [2.75, 3.05) is 0 Å². The van der Waals surface area contributed by atoms with Gasteiger partial charge in [-0.3, -0.25) is 4.98 Å². The summed E-state index contributed by atoms with van der Waals surface area (Å²) < 4.78 is 9.47. The van der Waals surface area contributed by atoms with Crippen molar-refractivity contribution in [3.63, 3.8) is 0 Å². The van der Waals surface area contributed by atoms with Crippen LogP contribution in [-0.4, -0.2) is 23.3 Å². The van der Waals surface area contributed by atoms with E-state index < -0.39 is 0 Å². The van der Waals surface area contributed by atoms with E-state index in [0.29, 0.717) is 0 Å². The zero-order valence-corrected chi connectivity index (χ0v) is 35.8. The van der Waals surface area contributed by atoms with Crippen molar-refractivity contribution in [1.82, 2.24) is 23.3 Å². The van der Waals surface area contributed by atoms with E-state index in [1.165, 1.54) is 43.6 Å². The molecule has 0 radical (unpaired) electrons. The molecule has 4 aromatic heterocycles. The van der Waals surface area contributed by atoms with Gasteiger partial charge in [0.15, 0.2) is 0 Å². The second kappa shape index (κ2) is 14.3. The van der Waals surface area contributed by atoms with Crippen molar-refractivity contribution in [1.29, 1.82) is 0 Å². The molecule has 0 aliphatic rings. The first-order valence-electron chi connectivity index (χ1n) is 22.5. The Balaban J connectivity index is 1.20. The van der Waals surface area contributed by atoms with Crippen LogP contribution in [0.15, 0.2) is 237 Å². The fourth-order valence-electron chi connectivity index (χ4n) is 10.8. The van der Waals surface area contributed by atoms with E-state index in [1.807, 2.05) is 6.20 Å². The van der Waals surface area contributed by atoms with Crippen LogP contribution in [0.5, 0.6) is 0 Å². The minimum atomic E-state index is 0.951. The maximum Gasteiger partial charge on any atom is 0.0787 e. The Hall–Kier alpha value is -8.93. The van der Waals surface area contributed by atoms with Gasteiger partial charge in [-0.25, -0.2) is 0 Å². The lowest BCUT2D eigenvalue weighted by Gasteiger charge is -2.19. The Labute approximate surface area is 379 Å². The molecule has 0 spiro atoms. The van der Waals surface area contributed by atoms with Crippen LogP contribution in [0, 0.1) is 0 Å². The molecule has 0 aliphatic heterocycles. The topological polar surface area (TPSA) is 32.6 Å². The van der Waals surface area contributed by atoms with Gasteiger partial charge in [-0.1, -0.05) is 127 Å². The molecule has 0 saturated heterocycles. The Kier molecular flexibility index (Phi) is 7.91. The van der Waals surface area contributed by atoms with Crippen LogP contribution in [-0.2, 0) is 0 Å². The van der Waals surface area contributed by atoms with E-state index in [2.05, 4.69) is 249 Å². The molecule has 0 atom stereocenters. The van der Waals surface area contributed by atoms with Crippen molar-refractivity contribution in [3.8, 4) is 22.7 Å². The van der Waals surface area contributed by atoms with Crippen LogP contribution < -0.4 is 0 Å². The standard InChI is InChI=1S/C61H39N5/c1-3-16-40(17-4-1)63-34-35-64(41-18-5-2-6-19-41)60-39-54-53(38-59(60)63)45-32-30-43(66-57-27-13-9-22-48(57)49-23-10-14-28-58(49)66)37-52(45)51-36-42(29-31-44(51)50-24-15-33-62-61(50)54)65-55-25-11-7-20-46(55)47-21-8-12-26-56(47)65/h1-39H. The average molecular weight is 842 g/mol. The molecule has 14 rings (SSSR count). The van der Waals surface area contributed by atoms with Crippen LogP contribution in [0.3, 0.4) is 0 Å². The van der Waals surface area contributed by atoms with Crippen LogP contribution in [0.2, 0.25) is 0 Å². The second-order valence-corrected chi connectivity index (χ2v) is 17.2. The molecule has 0 unspecified atom stereocenters. The summed E-state index contributed by atoms with van der Waals surface area (Å²) in [6.07, 6.45) is 6.30. The molecule has 0 saturated carbocycles. The lowest BCUT2D eigenvalue weighted by molar-refractivity contribution is 1.01. The van der Waals surface area contributed by atoms with Gasteiger partial charge in [0.25, 0.3) is 0 Å². The molecular formula is C61H39N5. The zero-order chi connectivity index (χ0) is 43.3. The van der Waals surface area contributed by atoms with Gasteiger partial charge in [-0.2, -0.15) is 0 Å². The molecular weight excluding hydrogens is 803 g/mol. The summed E-state index contributed by atoms with van der Waals surface area (Å²) >= 11 is 0. The zero-order valence-electron chi connectivity index (χ0n) is 35.8. The van der Waals surface area contributed by atoms with Gasteiger partial charge in [0.1, 0.15) is 0 Å². The molecule has 308 valence electrons. The number of pyridine rings is 1. The molecule has 0 fully saturated rings. The van der Waals surface area contributed by atoms with Crippen molar-refractivity contribution < 1.29 is 0 Å². The molecule has 0 N–H and O–H groups in total. The van der Waals surface area contributed by atoms with Gasteiger partial charge < -0.3 is 18.3 Å². The van der Waals surface area contributed by atoms with Gasteiger partial charge in [0.2, 0.25) is 0 Å². The summed E-state index contributed by atoms with van der Waals surface area (Å²) in [5, 5.41) is 12.8. The van der Waals surface area contributed by atoms with Crippen molar-refractivity contribution in [2.45, 2.75) is 0 Å². The fraction of sp³-hybridized carbons (Fsp3) is 0. The number of nitrogens with zero attached hydrogens (tertiary/aromatic N) is 5. The first-order chi connectivity index (χ1) is 32.8. The monoisotopic (exact) mass is 841 g/mol. The van der Waals surface area contributed by atoms with Gasteiger partial charge in [-0.05, 0) is 118 Å². The normalized spacial score (nSPS) is 11.9. The molecule has 14 aromatic rings. The Morgan fingerprint density at radius 2 is 0.621 bits per heavy atom. The predicted octanol–water partition coefficient (Wildman–Crippen LogP) is 15.7. The highest BCUT2D eigenvalue weighted by atomic mass is 15.1. The van der Waals surface area contributed by atoms with Crippen molar-refractivity contribution in [2.24, 2.45) is 0 Å². The molecule has 66 heavy (non-hydrogen) atoms. The molecule has 5 heteroatoms. The third-order valence-corrected chi connectivity index (χ3v) is 13.7. The maximum absolute atomic E-state index is 5.28. The minimum Gasteiger partial charge on any atom is -0.314 e. The predicted molar refractivity (Wildman–Crippen MR) is 277 cm³/mol. The highest BCUT2D eigenvalue weighted by molar-refractivity contribution is 6.27. The molecule has 10 aromatic carbocycles. The van der Waals surface area contributed by atoms with Crippen LogP contribution >= 0.6 is 0 Å². The van der Waals surface area contributed by atoms with Gasteiger partial charge >= 0.3 is 0 Å². The Morgan fingerprint density at radius 3 is 1.09 bits per heavy atom. The summed E-state index contributed by atoms with van der Waals surface area (Å²) in [6.45, 7) is 0. The van der Waals surface area contributed by atoms with E-state index in [4.69, 9.17) is 4.98 Å². The number of aromatic nitrogens is 5. The van der Waals surface area contributed by atoms with Gasteiger partial charge in [0.05, 0.1) is 38.6 Å². The van der Waals surface area contributed by atoms with E-state index in [0.717, 1.165) is 77.0 Å². The third-order valence-electron chi connectivity index (χ3n) is 13.7. The Bertz CT molecular complexity index is 4230. The average Bonchev–Trinajstić information content (AvgIpc) is 3.91. The highest BCUT2D eigenvalue weighted by Gasteiger charge is 2.19. The van der Waals surface area contributed by atoms with Crippen molar-refractivity contribution in [3.05, 3.63) is 237 Å². The van der Waals surface area contributed by atoms with E-state index in [1.54, 1.807) is 0 Å². The number of hydrogen-bond donors (Lipinski definition) is 0. The summed E-state index contributed by atoms with van der Waals surface area (Å²) in [4.78, 5) is 5.28. The van der Waals surface area contributed by atoms with Crippen LogP contribution in [0.1, 0.15) is 0 Å². The number of fused-ring (bicyclic) bond motifs is 15. The van der Waals surface area contributed by atoms with E-state index in [9.17, 15) is 0 Å². The lowest BCUT2D eigenvalue weighted by Crippen LogP contribution is -2.05. The molecule has 0 aliphatic carbocycles. The SMILES string of the molecule is c1ccc(-n2ccn(-c3ccccc3)c3cc4c(cc32)c2ccc(-n3c5ccccc5c5ccccc53)cc2c2cc(-n3c5ccccc5c5ccccc53)ccc2c2cccnc24)cc1. The third kappa shape index (κ3) is 5.38. The first-order valence-corrected chi connectivity index (χ1v) is 22.5. The molecule has 0 bridgehead atoms. The number of rotatable bonds is 4. The number of para-hydroxylation sites is 6. The lowest BCUT2D eigenvalue weighted by atomic mass is 9.95. The largest absolute Gasteiger partial charge is 0.314 e. The summed E-state index contributed by atoms with van der Waals surface area (Å²) in [6, 6.07) is 79.6. The maximum atomic E-state index is 5.28. The van der Waals surface area contributed by atoms with Crippen molar-refractivity contribution >= 4 is 97.9 Å². The van der Waals surface area contributed by atoms with Crippen LogP contribution in [0.25, 0.3) is 121 Å². The minimum absolute atomic E-state index is 0.951. The highest BCUT2D eigenvalue weighted by Crippen LogP contribution is 2.41. The number of hydrogen-bond acceptors (Lipinski definition) is 1. The fourth-order valence-corrected chi connectivity index (χ4v) is 10.8. The smallest absolute Gasteiger partial charge is 0.0787 e. The van der Waals surface area contributed by atoms with Crippen LogP contribution in [0.4, 0.5) is 0 Å². The summed E-state index contributed by atoms with van der Waals surface area (Å²) in [5.41, 5.74) is 12.2. The second-order valence-electron chi connectivity index (χ2n) is 17.2. The molecule has 4 heterocycles. The summed E-state index contributed by atoms with van der Waals surface area (Å²) in [5.74, 6) is 0. The van der Waals surface area contributed by atoms with Gasteiger partial charge in [-0.15, -0.1) is 0 Å². The van der Waals surface area contributed by atoms with E-state index in [-0.39, 0.29) is 0 Å². The van der Waals surface area contributed by atoms with E-state index >= 15 is 0 Å². The molecule has 0 amide bonds. The van der Waals surface area contributed by atoms with Gasteiger partial charge in [0, 0.05) is 73.7 Å². The summed E-state index contributed by atoms with van der Waals surface area (Å²) in [7, 11) is 0. The number of benzene rings is 9. The quantitative estimate of drug-likeness (QED) is 0.174.